The molecule has 25 heavy (non-hydrogen) atoms. The van der Waals surface area contributed by atoms with Gasteiger partial charge < -0.3 is 10.0 Å². The molecule has 0 spiro atoms. The summed E-state index contributed by atoms with van der Waals surface area (Å²) < 4.78 is 38.5. The Morgan fingerprint density at radius 3 is 2.68 bits per heavy atom. The van der Waals surface area contributed by atoms with Crippen LogP contribution < -0.4 is 0 Å². The molecule has 2 aliphatic rings. The van der Waals surface area contributed by atoms with Crippen LogP contribution in [0.4, 0.5) is 13.2 Å². The maximum absolute atomic E-state index is 12.8. The summed E-state index contributed by atoms with van der Waals surface area (Å²) in [6.07, 6.45) is -2.20. The molecule has 0 aromatic heterocycles. The standard InChI is InChI=1S/C16H21ClF3N3OS/c1-9-7-11(8-16(18,19)20)25-10(2)21-15(17)22-14(9)23(3)12-5-4-6-13(12)24/h7,10,12-13,24H,1,4-6,8H2,2-3H3/b11-7-,21-15?,22-14?. The molecule has 1 saturated carbocycles. The van der Waals surface area contributed by atoms with E-state index in [0.29, 0.717) is 17.8 Å². The summed E-state index contributed by atoms with van der Waals surface area (Å²) in [5.41, 5.74) is 0.316. The summed E-state index contributed by atoms with van der Waals surface area (Å²) >= 11 is 7.04. The number of allylic oxidation sites excluding steroid dienone is 1. The van der Waals surface area contributed by atoms with Gasteiger partial charge in [0.1, 0.15) is 5.84 Å². The second-order valence-corrected chi connectivity index (χ2v) is 7.94. The molecule has 2 rings (SSSR count). The lowest BCUT2D eigenvalue weighted by Gasteiger charge is -2.30. The number of rotatable bonds is 2. The summed E-state index contributed by atoms with van der Waals surface area (Å²) in [6, 6.07) is -0.176. The highest BCUT2D eigenvalue weighted by Gasteiger charge is 2.33. The first kappa shape index (κ1) is 20.3. The summed E-state index contributed by atoms with van der Waals surface area (Å²) in [6.45, 7) is 5.53. The smallest absolute Gasteiger partial charge is 0.391 e. The third kappa shape index (κ3) is 5.76. The molecular formula is C16H21ClF3N3OS. The van der Waals surface area contributed by atoms with Gasteiger partial charge in [-0.15, -0.1) is 11.8 Å². The predicted molar refractivity (Wildman–Crippen MR) is 97.1 cm³/mol. The van der Waals surface area contributed by atoms with Crippen LogP contribution in [-0.2, 0) is 0 Å². The molecule has 1 heterocycles. The molecule has 0 bridgehead atoms. The normalized spacial score (nSPS) is 30.6. The van der Waals surface area contributed by atoms with Crippen molar-refractivity contribution < 1.29 is 18.3 Å². The largest absolute Gasteiger partial charge is 0.393 e. The van der Waals surface area contributed by atoms with Crippen LogP contribution in [0, 0.1) is 0 Å². The van der Waals surface area contributed by atoms with Gasteiger partial charge >= 0.3 is 6.18 Å². The van der Waals surface area contributed by atoms with Crippen molar-refractivity contribution in [2.45, 2.75) is 56.3 Å². The van der Waals surface area contributed by atoms with Gasteiger partial charge in [-0.2, -0.15) is 13.2 Å². The van der Waals surface area contributed by atoms with Crippen molar-refractivity contribution in [3.8, 4) is 0 Å². The topological polar surface area (TPSA) is 48.2 Å². The van der Waals surface area contributed by atoms with Gasteiger partial charge in [-0.3, -0.25) is 0 Å². The highest BCUT2D eigenvalue weighted by atomic mass is 35.5. The van der Waals surface area contributed by atoms with Crippen LogP contribution >= 0.6 is 23.4 Å². The Morgan fingerprint density at radius 1 is 1.44 bits per heavy atom. The summed E-state index contributed by atoms with van der Waals surface area (Å²) in [5, 5.41) is 9.57. The SMILES string of the molecule is C=C1/C=C(/CC(F)(F)F)SC(C)N=C(Cl)N=C1N(C)C1CCCC1O. The number of aliphatic imine (C=N–C) groups is 2. The number of aliphatic hydroxyl groups is 1. The molecule has 1 aliphatic heterocycles. The minimum atomic E-state index is -4.33. The Kier molecular flexibility index (Phi) is 6.62. The average molecular weight is 396 g/mol. The minimum absolute atomic E-state index is 0.0443. The highest BCUT2D eigenvalue weighted by molar-refractivity contribution is 8.03. The van der Waals surface area contributed by atoms with Crippen molar-refractivity contribution in [3.05, 3.63) is 23.1 Å². The maximum atomic E-state index is 12.8. The molecule has 3 atom stereocenters. The molecule has 1 N–H and O–H groups in total. The second-order valence-electron chi connectivity index (χ2n) is 6.16. The van der Waals surface area contributed by atoms with E-state index in [2.05, 4.69) is 16.6 Å². The highest BCUT2D eigenvalue weighted by Crippen LogP contribution is 2.35. The molecule has 0 amide bonds. The first-order valence-electron chi connectivity index (χ1n) is 7.93. The van der Waals surface area contributed by atoms with Gasteiger partial charge in [-0.05, 0) is 48.8 Å². The fraction of sp³-hybridized carbons (Fsp3) is 0.625. The van der Waals surface area contributed by atoms with E-state index in [0.717, 1.165) is 24.6 Å². The Balaban J connectivity index is 2.37. The molecule has 0 radical (unpaired) electrons. The van der Waals surface area contributed by atoms with Gasteiger partial charge in [-0.25, -0.2) is 9.98 Å². The Bertz CT molecular complexity index is 618. The average Bonchev–Trinajstić information content (AvgIpc) is 2.88. The molecule has 9 heteroatoms. The van der Waals surface area contributed by atoms with Crippen LogP contribution in [-0.4, -0.2) is 51.9 Å². The number of amidine groups is 2. The van der Waals surface area contributed by atoms with Gasteiger partial charge in [0.25, 0.3) is 0 Å². The Morgan fingerprint density at radius 2 is 2.12 bits per heavy atom. The van der Waals surface area contributed by atoms with E-state index in [1.807, 2.05) is 0 Å². The van der Waals surface area contributed by atoms with Crippen LogP contribution in [0.5, 0.6) is 0 Å². The van der Waals surface area contributed by atoms with Crippen molar-refractivity contribution in [3.63, 3.8) is 0 Å². The van der Waals surface area contributed by atoms with E-state index in [9.17, 15) is 18.3 Å². The van der Waals surface area contributed by atoms with E-state index in [1.165, 1.54) is 6.08 Å². The van der Waals surface area contributed by atoms with Gasteiger partial charge in [0, 0.05) is 12.6 Å². The summed E-state index contributed by atoms with van der Waals surface area (Å²) in [4.78, 5) is 10.2. The summed E-state index contributed by atoms with van der Waals surface area (Å²) in [7, 11) is 1.74. The van der Waals surface area contributed by atoms with E-state index in [4.69, 9.17) is 11.6 Å². The molecule has 1 aliphatic carbocycles. The Labute approximate surface area is 154 Å². The number of likely N-dealkylation sites (N-methyl/N-ethyl adjacent to an activating group) is 1. The number of hydrogen-bond acceptors (Lipinski definition) is 5. The van der Waals surface area contributed by atoms with Crippen molar-refractivity contribution in [1.29, 1.82) is 0 Å². The number of hydrogen-bond donors (Lipinski definition) is 1. The van der Waals surface area contributed by atoms with Crippen LogP contribution in [0.2, 0.25) is 0 Å². The minimum Gasteiger partial charge on any atom is -0.391 e. The first-order valence-corrected chi connectivity index (χ1v) is 9.18. The zero-order chi connectivity index (χ0) is 18.8. The second kappa shape index (κ2) is 8.14. The molecule has 0 aromatic rings. The number of thioether (sulfide) groups is 1. The van der Waals surface area contributed by atoms with Gasteiger partial charge in [-0.1, -0.05) is 6.58 Å². The lowest BCUT2D eigenvalue weighted by Crippen LogP contribution is -2.42. The number of halogens is 4. The van der Waals surface area contributed by atoms with Crippen molar-refractivity contribution in [2.24, 2.45) is 9.98 Å². The number of alkyl halides is 3. The van der Waals surface area contributed by atoms with Gasteiger partial charge in [0.2, 0.25) is 5.29 Å². The van der Waals surface area contributed by atoms with Crippen LogP contribution in [0.25, 0.3) is 0 Å². The fourth-order valence-corrected chi connectivity index (χ4v) is 4.33. The van der Waals surface area contributed by atoms with E-state index >= 15 is 0 Å². The molecule has 3 unspecified atom stereocenters. The molecule has 140 valence electrons. The molecule has 4 nitrogen and oxygen atoms in total. The molecule has 0 aromatic carbocycles. The van der Waals surface area contributed by atoms with E-state index in [-0.39, 0.29) is 16.2 Å². The maximum Gasteiger partial charge on any atom is 0.393 e. The molecule has 1 fully saturated rings. The van der Waals surface area contributed by atoms with E-state index < -0.39 is 24.1 Å². The van der Waals surface area contributed by atoms with E-state index in [1.54, 1.807) is 18.9 Å². The fourth-order valence-electron chi connectivity index (χ4n) is 3.00. The first-order chi connectivity index (χ1) is 11.6. The summed E-state index contributed by atoms with van der Waals surface area (Å²) in [5.74, 6) is 0.328. The molecular weight excluding hydrogens is 375 g/mol. The van der Waals surface area contributed by atoms with Crippen LogP contribution in [0.15, 0.2) is 33.1 Å². The zero-order valence-electron chi connectivity index (χ0n) is 14.1. The number of aliphatic hydroxyl groups excluding tert-OH is 1. The van der Waals surface area contributed by atoms with Crippen molar-refractivity contribution in [1.82, 2.24) is 4.90 Å². The lowest BCUT2D eigenvalue weighted by molar-refractivity contribution is -0.125. The monoisotopic (exact) mass is 395 g/mol. The third-order valence-electron chi connectivity index (χ3n) is 4.08. The van der Waals surface area contributed by atoms with Gasteiger partial charge in [0.15, 0.2) is 0 Å². The third-order valence-corrected chi connectivity index (χ3v) is 5.27. The van der Waals surface area contributed by atoms with Gasteiger partial charge in [0.05, 0.1) is 23.9 Å². The molecule has 0 saturated heterocycles. The Hall–Kier alpha value is -0.990. The van der Waals surface area contributed by atoms with Crippen LogP contribution in [0.3, 0.4) is 0 Å². The number of nitrogens with zero attached hydrogens (tertiary/aromatic N) is 3. The van der Waals surface area contributed by atoms with Crippen molar-refractivity contribution >= 4 is 34.5 Å². The quantitative estimate of drug-likeness (QED) is 0.709. The van der Waals surface area contributed by atoms with Crippen molar-refractivity contribution in [2.75, 3.05) is 7.05 Å². The lowest BCUT2D eigenvalue weighted by atomic mass is 10.1. The zero-order valence-corrected chi connectivity index (χ0v) is 15.6. The van der Waals surface area contributed by atoms with Crippen LogP contribution in [0.1, 0.15) is 32.6 Å². The predicted octanol–water partition coefficient (Wildman–Crippen LogP) is 4.31.